The van der Waals surface area contributed by atoms with Crippen LogP contribution in [0.2, 0.25) is 0 Å². The maximum Gasteiger partial charge on any atom is 0.252 e. The molecule has 0 radical (unpaired) electrons. The van der Waals surface area contributed by atoms with Crippen LogP contribution in [0.15, 0.2) is 18.2 Å². The number of carbonyl (C=O) groups is 2. The molecule has 1 fully saturated rings. The van der Waals surface area contributed by atoms with Gasteiger partial charge in [-0.3, -0.25) is 9.59 Å². The average Bonchev–Trinajstić information content (AvgIpc) is 2.85. The predicted octanol–water partition coefficient (Wildman–Crippen LogP) is 2.45. The Hall–Kier alpha value is -2.30. The molecule has 1 aromatic carbocycles. The number of carbonyl (C=O) groups excluding carboxylic acids is 2. The number of amides is 2. The van der Waals surface area contributed by atoms with Crippen LogP contribution in [0.25, 0.3) is 10.9 Å². The molecule has 3 N–H and O–H groups in total. The molecule has 1 aliphatic heterocycles. The Morgan fingerprint density at radius 1 is 1.12 bits per heavy atom. The monoisotopic (exact) mass is 325 g/mol. The minimum atomic E-state index is -0.424. The number of aromatic nitrogens is 1. The maximum absolute atomic E-state index is 12.6. The molecular weight excluding hydrogens is 302 g/mol. The van der Waals surface area contributed by atoms with Crippen LogP contribution in [0.3, 0.4) is 0 Å². The van der Waals surface area contributed by atoms with E-state index in [1.54, 1.807) is 0 Å². The molecule has 2 aromatic rings. The van der Waals surface area contributed by atoms with E-state index in [4.69, 9.17) is 0 Å². The van der Waals surface area contributed by atoms with Crippen molar-refractivity contribution in [2.75, 3.05) is 6.54 Å². The van der Waals surface area contributed by atoms with Gasteiger partial charge in [-0.15, -0.1) is 0 Å². The molecule has 4 rings (SSSR count). The Bertz CT molecular complexity index is 793. The second-order valence-corrected chi connectivity index (χ2v) is 6.86. The molecule has 5 heteroatoms. The van der Waals surface area contributed by atoms with Crippen molar-refractivity contribution in [3.05, 3.63) is 35.0 Å². The lowest BCUT2D eigenvalue weighted by atomic mass is 9.95. The zero-order valence-electron chi connectivity index (χ0n) is 13.8. The topological polar surface area (TPSA) is 74.0 Å². The highest BCUT2D eigenvalue weighted by atomic mass is 16.2. The lowest BCUT2D eigenvalue weighted by Crippen LogP contribution is -2.45. The highest BCUT2D eigenvalue weighted by Crippen LogP contribution is 2.29. The van der Waals surface area contributed by atoms with Crippen LogP contribution in [-0.4, -0.2) is 29.4 Å². The van der Waals surface area contributed by atoms with Crippen LogP contribution < -0.4 is 10.6 Å². The number of hydrogen-bond donors (Lipinski definition) is 3. The van der Waals surface area contributed by atoms with E-state index in [0.717, 1.165) is 31.2 Å². The highest BCUT2D eigenvalue weighted by molar-refractivity contribution is 6.00. The third kappa shape index (κ3) is 2.79. The van der Waals surface area contributed by atoms with Gasteiger partial charge in [0, 0.05) is 28.7 Å². The summed E-state index contributed by atoms with van der Waals surface area (Å²) >= 11 is 0. The van der Waals surface area contributed by atoms with Crippen molar-refractivity contribution in [1.29, 1.82) is 0 Å². The Morgan fingerprint density at radius 3 is 2.92 bits per heavy atom. The first-order valence-electron chi connectivity index (χ1n) is 8.94. The van der Waals surface area contributed by atoms with E-state index < -0.39 is 6.04 Å². The van der Waals surface area contributed by atoms with Gasteiger partial charge in [0.15, 0.2) is 0 Å². The van der Waals surface area contributed by atoms with Gasteiger partial charge < -0.3 is 15.6 Å². The van der Waals surface area contributed by atoms with Gasteiger partial charge in [-0.1, -0.05) is 6.07 Å². The molecule has 5 nitrogen and oxygen atoms in total. The van der Waals surface area contributed by atoms with Crippen molar-refractivity contribution in [2.24, 2.45) is 0 Å². The standard InChI is InChI=1S/C19H23N3O2/c23-18(22-16-7-3-4-10-20-19(16)24)12-8-9-14-13-5-1-2-6-15(13)21-17(14)11-12/h8-9,11,16,21H,1-7,10H2,(H,20,24)(H,22,23)/t16-/m0/s1. The molecule has 0 unspecified atom stereocenters. The molecule has 1 aromatic heterocycles. The number of aryl methyl sites for hydroxylation is 2. The Labute approximate surface area is 141 Å². The molecule has 2 heterocycles. The normalized spacial score (nSPS) is 21.0. The summed E-state index contributed by atoms with van der Waals surface area (Å²) in [4.78, 5) is 28.0. The van der Waals surface area contributed by atoms with Crippen LogP contribution in [0.4, 0.5) is 0 Å². The maximum atomic E-state index is 12.6. The first kappa shape index (κ1) is 15.2. The number of nitrogens with one attached hydrogen (secondary N) is 3. The van der Waals surface area contributed by atoms with Crippen LogP contribution in [0.1, 0.15) is 53.7 Å². The quantitative estimate of drug-likeness (QED) is 0.793. The molecular formula is C19H23N3O2. The van der Waals surface area contributed by atoms with Gasteiger partial charge in [0.2, 0.25) is 5.91 Å². The Kier molecular flexibility index (Phi) is 4.00. The van der Waals surface area contributed by atoms with Crippen LogP contribution in [0.5, 0.6) is 0 Å². The molecule has 1 atom stereocenters. The fraction of sp³-hybridized carbons (Fsp3) is 0.474. The van der Waals surface area contributed by atoms with Gasteiger partial charge in [0.25, 0.3) is 5.91 Å². The summed E-state index contributed by atoms with van der Waals surface area (Å²) in [7, 11) is 0. The number of H-pyrrole nitrogens is 1. The summed E-state index contributed by atoms with van der Waals surface area (Å²) < 4.78 is 0. The second-order valence-electron chi connectivity index (χ2n) is 6.86. The molecule has 24 heavy (non-hydrogen) atoms. The number of aromatic amines is 1. The van der Waals surface area contributed by atoms with Crippen molar-refractivity contribution in [1.82, 2.24) is 15.6 Å². The zero-order valence-corrected chi connectivity index (χ0v) is 13.8. The summed E-state index contributed by atoms with van der Waals surface area (Å²) in [5.74, 6) is -0.246. The van der Waals surface area contributed by atoms with Crippen molar-refractivity contribution in [3.63, 3.8) is 0 Å². The minimum Gasteiger partial charge on any atom is -0.358 e. The molecule has 2 aliphatic rings. The number of benzene rings is 1. The van der Waals surface area contributed by atoms with Crippen molar-refractivity contribution < 1.29 is 9.59 Å². The third-order valence-electron chi connectivity index (χ3n) is 5.20. The molecule has 0 spiro atoms. The van der Waals surface area contributed by atoms with E-state index in [0.29, 0.717) is 18.5 Å². The van der Waals surface area contributed by atoms with E-state index in [-0.39, 0.29) is 11.8 Å². The fourth-order valence-electron chi connectivity index (χ4n) is 3.87. The predicted molar refractivity (Wildman–Crippen MR) is 93.1 cm³/mol. The zero-order chi connectivity index (χ0) is 16.5. The van der Waals surface area contributed by atoms with Crippen LogP contribution in [-0.2, 0) is 17.6 Å². The number of fused-ring (bicyclic) bond motifs is 3. The Balaban J connectivity index is 1.57. The second kappa shape index (κ2) is 6.30. The highest BCUT2D eigenvalue weighted by Gasteiger charge is 2.23. The average molecular weight is 325 g/mol. The fourth-order valence-corrected chi connectivity index (χ4v) is 3.87. The summed E-state index contributed by atoms with van der Waals surface area (Å²) in [5.41, 5.74) is 4.36. The first-order valence-corrected chi connectivity index (χ1v) is 8.94. The van der Waals surface area contributed by atoms with E-state index >= 15 is 0 Å². The largest absolute Gasteiger partial charge is 0.358 e. The van der Waals surface area contributed by atoms with E-state index in [1.807, 2.05) is 18.2 Å². The van der Waals surface area contributed by atoms with Crippen molar-refractivity contribution in [2.45, 2.75) is 51.0 Å². The lowest BCUT2D eigenvalue weighted by Gasteiger charge is -2.15. The van der Waals surface area contributed by atoms with Crippen molar-refractivity contribution in [3.8, 4) is 0 Å². The molecule has 0 saturated carbocycles. The van der Waals surface area contributed by atoms with Gasteiger partial charge in [-0.25, -0.2) is 0 Å². The van der Waals surface area contributed by atoms with E-state index in [1.165, 1.54) is 29.5 Å². The lowest BCUT2D eigenvalue weighted by molar-refractivity contribution is -0.122. The van der Waals surface area contributed by atoms with Gasteiger partial charge in [-0.05, 0) is 62.6 Å². The summed E-state index contributed by atoms with van der Waals surface area (Å²) in [6.45, 7) is 0.700. The molecule has 126 valence electrons. The molecule has 2 amide bonds. The number of hydrogen-bond acceptors (Lipinski definition) is 2. The first-order chi connectivity index (χ1) is 11.7. The van der Waals surface area contributed by atoms with Crippen LogP contribution >= 0.6 is 0 Å². The SMILES string of the molecule is O=C(N[C@H]1CCCCNC1=O)c1ccc2c3c([nH]c2c1)CCCC3. The third-order valence-corrected chi connectivity index (χ3v) is 5.20. The van der Waals surface area contributed by atoms with Crippen LogP contribution in [0, 0.1) is 0 Å². The molecule has 1 aliphatic carbocycles. The summed E-state index contributed by atoms with van der Waals surface area (Å²) in [6, 6.07) is 5.40. The molecule has 1 saturated heterocycles. The van der Waals surface area contributed by atoms with Crippen molar-refractivity contribution >= 4 is 22.7 Å². The smallest absolute Gasteiger partial charge is 0.252 e. The summed E-state index contributed by atoms with van der Waals surface area (Å²) in [6.07, 6.45) is 7.29. The summed E-state index contributed by atoms with van der Waals surface area (Å²) in [5, 5.41) is 6.97. The van der Waals surface area contributed by atoms with Gasteiger partial charge in [0.05, 0.1) is 0 Å². The van der Waals surface area contributed by atoms with E-state index in [9.17, 15) is 9.59 Å². The van der Waals surface area contributed by atoms with E-state index in [2.05, 4.69) is 15.6 Å². The van der Waals surface area contributed by atoms with Gasteiger partial charge in [-0.2, -0.15) is 0 Å². The van der Waals surface area contributed by atoms with Gasteiger partial charge in [0.1, 0.15) is 6.04 Å². The minimum absolute atomic E-state index is 0.0720. The molecule has 0 bridgehead atoms. The van der Waals surface area contributed by atoms with Gasteiger partial charge >= 0.3 is 0 Å². The Morgan fingerprint density at radius 2 is 2.00 bits per heavy atom. The number of rotatable bonds is 2.